The average molecular weight is 315 g/mol. The Morgan fingerprint density at radius 1 is 1.15 bits per heavy atom. The fourth-order valence-electron chi connectivity index (χ4n) is 2.55. The van der Waals surface area contributed by atoms with Crippen LogP contribution in [0, 0.1) is 11.8 Å². The Morgan fingerprint density at radius 2 is 1.80 bits per heavy atom. The Kier molecular flexibility index (Phi) is 4.89. The van der Waals surface area contributed by atoms with E-state index in [2.05, 4.69) is 5.32 Å². The molecule has 0 saturated heterocycles. The molecule has 0 unspecified atom stereocenters. The molecule has 0 spiro atoms. The number of anilines is 1. The van der Waals surface area contributed by atoms with E-state index in [1.807, 2.05) is 0 Å². The molecule has 0 radical (unpaired) electrons. The summed E-state index contributed by atoms with van der Waals surface area (Å²) < 4.78 is 0. The Balaban J connectivity index is 2.14. The number of carboxylic acids is 1. The van der Waals surface area contributed by atoms with Crippen LogP contribution in [0.2, 0.25) is 10.0 Å². The van der Waals surface area contributed by atoms with Gasteiger partial charge >= 0.3 is 0 Å². The highest BCUT2D eigenvalue weighted by molar-refractivity contribution is 6.44. The summed E-state index contributed by atoms with van der Waals surface area (Å²) in [6.45, 7) is 0. The van der Waals surface area contributed by atoms with Crippen LogP contribution >= 0.6 is 23.2 Å². The minimum Gasteiger partial charge on any atom is -0.550 e. The van der Waals surface area contributed by atoms with E-state index in [1.165, 1.54) is 0 Å². The molecule has 1 saturated carbocycles. The van der Waals surface area contributed by atoms with Gasteiger partial charge in [0, 0.05) is 17.8 Å². The molecular formula is C14H14Cl2NO3-. The number of hydrogen-bond donors (Lipinski definition) is 1. The van der Waals surface area contributed by atoms with E-state index in [0.29, 0.717) is 23.6 Å². The lowest BCUT2D eigenvalue weighted by Gasteiger charge is -2.31. The molecule has 108 valence electrons. The zero-order valence-corrected chi connectivity index (χ0v) is 12.2. The Bertz CT molecular complexity index is 533. The summed E-state index contributed by atoms with van der Waals surface area (Å²) in [5.41, 5.74) is 0.395. The van der Waals surface area contributed by atoms with Crippen molar-refractivity contribution in [3.8, 4) is 0 Å². The Labute approximate surface area is 127 Å². The number of amides is 1. The first kappa shape index (κ1) is 15.1. The average Bonchev–Trinajstić information content (AvgIpc) is 2.43. The first-order chi connectivity index (χ1) is 9.50. The third kappa shape index (κ3) is 3.25. The lowest BCUT2D eigenvalue weighted by molar-refractivity contribution is -0.313. The van der Waals surface area contributed by atoms with E-state index < -0.39 is 17.8 Å². The number of aliphatic carboxylic acids is 1. The van der Waals surface area contributed by atoms with E-state index in [-0.39, 0.29) is 10.9 Å². The minimum absolute atomic E-state index is 0.253. The minimum atomic E-state index is -1.16. The van der Waals surface area contributed by atoms with Crippen molar-refractivity contribution in [1.29, 1.82) is 0 Å². The highest BCUT2D eigenvalue weighted by atomic mass is 35.5. The normalized spacial score (nSPS) is 22.3. The zero-order valence-electron chi connectivity index (χ0n) is 10.7. The van der Waals surface area contributed by atoms with Crippen molar-refractivity contribution in [2.45, 2.75) is 25.7 Å². The van der Waals surface area contributed by atoms with Crippen molar-refractivity contribution in [3.63, 3.8) is 0 Å². The van der Waals surface area contributed by atoms with Crippen LogP contribution < -0.4 is 10.4 Å². The van der Waals surface area contributed by atoms with Crippen LogP contribution in [0.15, 0.2) is 18.2 Å². The molecule has 2 rings (SSSR count). The van der Waals surface area contributed by atoms with Gasteiger partial charge in [0.15, 0.2) is 0 Å². The summed E-state index contributed by atoms with van der Waals surface area (Å²) in [5.74, 6) is -2.82. The van der Waals surface area contributed by atoms with Crippen molar-refractivity contribution in [1.82, 2.24) is 0 Å². The summed E-state index contributed by atoms with van der Waals surface area (Å²) in [5, 5.41) is 14.4. The number of rotatable bonds is 3. The number of carbonyl (C=O) groups is 2. The molecule has 1 amide bonds. The molecule has 1 aliphatic carbocycles. The first-order valence-corrected chi connectivity index (χ1v) is 7.22. The zero-order chi connectivity index (χ0) is 14.7. The van der Waals surface area contributed by atoms with Gasteiger partial charge in [-0.1, -0.05) is 42.1 Å². The molecule has 0 bridgehead atoms. The van der Waals surface area contributed by atoms with Gasteiger partial charge in [-0.2, -0.15) is 0 Å². The predicted molar refractivity (Wildman–Crippen MR) is 75.5 cm³/mol. The standard InChI is InChI=1S/C14H15Cl2NO3/c15-10-6-3-7-11(12(10)16)17-13(18)8-4-1-2-5-9(8)14(19)20/h3,6-9H,1-2,4-5H2,(H,17,18)(H,19,20)/p-1/t8-,9-/m0/s1. The van der Waals surface area contributed by atoms with Gasteiger partial charge in [0.05, 0.1) is 15.7 Å². The number of halogens is 2. The van der Waals surface area contributed by atoms with Gasteiger partial charge in [-0.05, 0) is 25.0 Å². The van der Waals surface area contributed by atoms with Gasteiger partial charge in [-0.15, -0.1) is 0 Å². The van der Waals surface area contributed by atoms with Crippen LogP contribution in [-0.2, 0) is 9.59 Å². The van der Waals surface area contributed by atoms with Crippen LogP contribution in [0.25, 0.3) is 0 Å². The lowest BCUT2D eigenvalue weighted by atomic mass is 9.78. The summed E-state index contributed by atoms with van der Waals surface area (Å²) >= 11 is 11.9. The highest BCUT2D eigenvalue weighted by Gasteiger charge is 2.32. The van der Waals surface area contributed by atoms with Crippen LogP contribution in [0.1, 0.15) is 25.7 Å². The van der Waals surface area contributed by atoms with E-state index in [1.54, 1.807) is 18.2 Å². The fraction of sp³-hybridized carbons (Fsp3) is 0.429. The van der Waals surface area contributed by atoms with Crippen molar-refractivity contribution < 1.29 is 14.7 Å². The maximum atomic E-state index is 12.2. The van der Waals surface area contributed by atoms with E-state index in [4.69, 9.17) is 23.2 Å². The maximum absolute atomic E-state index is 12.2. The molecule has 1 aromatic rings. The van der Waals surface area contributed by atoms with E-state index >= 15 is 0 Å². The van der Waals surface area contributed by atoms with Crippen molar-refractivity contribution in [3.05, 3.63) is 28.2 Å². The summed E-state index contributed by atoms with van der Waals surface area (Å²) in [6, 6.07) is 4.91. The van der Waals surface area contributed by atoms with Gasteiger partial charge in [0.25, 0.3) is 0 Å². The van der Waals surface area contributed by atoms with Crippen molar-refractivity contribution in [2.75, 3.05) is 5.32 Å². The highest BCUT2D eigenvalue weighted by Crippen LogP contribution is 2.33. The topological polar surface area (TPSA) is 69.2 Å². The molecule has 0 aliphatic heterocycles. The molecule has 1 aromatic carbocycles. The summed E-state index contributed by atoms with van der Waals surface area (Å²) in [6.07, 6.45) is 2.66. The molecule has 1 aliphatic rings. The smallest absolute Gasteiger partial charge is 0.228 e. The third-order valence-electron chi connectivity index (χ3n) is 3.61. The quantitative estimate of drug-likeness (QED) is 0.931. The molecule has 1 fully saturated rings. The second-order valence-electron chi connectivity index (χ2n) is 4.91. The number of benzene rings is 1. The second-order valence-corrected chi connectivity index (χ2v) is 5.69. The molecule has 1 N–H and O–H groups in total. The van der Waals surface area contributed by atoms with Gasteiger partial charge in [-0.3, -0.25) is 4.79 Å². The van der Waals surface area contributed by atoms with Gasteiger partial charge < -0.3 is 15.2 Å². The maximum Gasteiger partial charge on any atom is 0.228 e. The Hall–Kier alpha value is -1.26. The van der Waals surface area contributed by atoms with Crippen molar-refractivity contribution in [2.24, 2.45) is 11.8 Å². The van der Waals surface area contributed by atoms with Crippen LogP contribution in [-0.4, -0.2) is 11.9 Å². The summed E-state index contributed by atoms with van der Waals surface area (Å²) in [4.78, 5) is 23.3. The molecular weight excluding hydrogens is 301 g/mol. The molecule has 20 heavy (non-hydrogen) atoms. The lowest BCUT2D eigenvalue weighted by Crippen LogP contribution is -2.42. The number of carboxylic acid groups (broad SMARTS) is 1. The molecule has 6 heteroatoms. The number of hydrogen-bond acceptors (Lipinski definition) is 3. The van der Waals surface area contributed by atoms with Crippen LogP contribution in [0.5, 0.6) is 0 Å². The van der Waals surface area contributed by atoms with Crippen LogP contribution in [0.4, 0.5) is 5.69 Å². The third-order valence-corrected chi connectivity index (χ3v) is 4.43. The van der Waals surface area contributed by atoms with E-state index in [0.717, 1.165) is 12.8 Å². The van der Waals surface area contributed by atoms with Crippen LogP contribution in [0.3, 0.4) is 0 Å². The predicted octanol–water partition coefficient (Wildman–Crippen LogP) is 2.49. The molecule has 0 aromatic heterocycles. The largest absolute Gasteiger partial charge is 0.550 e. The van der Waals surface area contributed by atoms with Gasteiger partial charge in [-0.25, -0.2) is 0 Å². The SMILES string of the molecule is O=C([O-])[C@H]1CCCC[C@@H]1C(=O)Nc1cccc(Cl)c1Cl. The van der Waals surface area contributed by atoms with Gasteiger partial charge in [0.1, 0.15) is 0 Å². The van der Waals surface area contributed by atoms with Crippen molar-refractivity contribution >= 4 is 40.8 Å². The van der Waals surface area contributed by atoms with E-state index in [9.17, 15) is 14.7 Å². The number of nitrogens with one attached hydrogen (secondary N) is 1. The molecule has 0 heterocycles. The monoisotopic (exact) mass is 314 g/mol. The fourth-order valence-corrected chi connectivity index (χ4v) is 2.90. The van der Waals surface area contributed by atoms with Gasteiger partial charge in [0.2, 0.25) is 5.91 Å². The molecule has 2 atom stereocenters. The Morgan fingerprint density at radius 3 is 2.45 bits per heavy atom. The first-order valence-electron chi connectivity index (χ1n) is 6.46. The summed E-state index contributed by atoms with van der Waals surface area (Å²) in [7, 11) is 0. The second kappa shape index (κ2) is 6.46. The molecule has 4 nitrogen and oxygen atoms in total. The number of carbonyl (C=O) groups excluding carboxylic acids is 2.